The first-order valence-electron chi connectivity index (χ1n) is 7.49. The molecule has 2 amide bonds. The van der Waals surface area contributed by atoms with Crippen molar-refractivity contribution in [3.05, 3.63) is 47.2 Å². The lowest BCUT2D eigenvalue weighted by Crippen LogP contribution is -2.74. The number of alkyl halides is 1. The van der Waals surface area contributed by atoms with E-state index in [-0.39, 0.29) is 23.8 Å². The van der Waals surface area contributed by atoms with Gasteiger partial charge in [0, 0.05) is 10.0 Å². The van der Waals surface area contributed by atoms with Gasteiger partial charge in [0.25, 0.3) is 5.91 Å². The molecule has 0 aromatic heterocycles. The van der Waals surface area contributed by atoms with E-state index in [9.17, 15) is 24.0 Å². The number of nitrogens with zero attached hydrogens (tertiary/aromatic N) is 1. The third-order valence-corrected chi connectivity index (χ3v) is 6.67. The van der Waals surface area contributed by atoms with Crippen molar-refractivity contribution in [2.24, 2.45) is 0 Å². The average molecular weight is 474 g/mol. The molecule has 0 saturated carbocycles. The van der Waals surface area contributed by atoms with Crippen LogP contribution in [0.2, 0.25) is 0 Å². The number of hydrogen-bond donors (Lipinski definition) is 2. The molecule has 2 unspecified atom stereocenters. The smallest absolute Gasteiger partial charge is 0.352 e. The molecule has 2 aliphatic heterocycles. The van der Waals surface area contributed by atoms with Crippen LogP contribution in [-0.4, -0.2) is 53.9 Å². The molecule has 2 heterocycles. The second kappa shape index (κ2) is 7.34. The monoisotopic (exact) mass is 474 g/mol. The molecular weight excluding hydrogens is 459 g/mol. The molecule has 7 nitrogen and oxygen atoms in total. The van der Waals surface area contributed by atoms with Gasteiger partial charge in [0.15, 0.2) is 6.04 Å². The van der Waals surface area contributed by atoms with E-state index in [0.29, 0.717) is 10.0 Å². The number of nitrogens with one attached hydrogen (secondary N) is 1. The zero-order valence-electron chi connectivity index (χ0n) is 13.0. The van der Waals surface area contributed by atoms with Crippen LogP contribution < -0.4 is 5.32 Å². The van der Waals surface area contributed by atoms with Crippen LogP contribution >= 0.6 is 22.6 Å². The Morgan fingerprint density at radius 2 is 2.04 bits per heavy atom. The molecule has 1 aromatic rings. The highest BCUT2D eigenvalue weighted by Gasteiger charge is 2.60. The van der Waals surface area contributed by atoms with Crippen LogP contribution in [0.25, 0.3) is 0 Å². The Labute approximate surface area is 160 Å². The first-order chi connectivity index (χ1) is 11.9. The molecule has 0 radical (unpaired) electrons. The minimum Gasteiger partial charge on any atom is -0.614 e. The van der Waals surface area contributed by atoms with Crippen LogP contribution in [0.5, 0.6) is 0 Å². The van der Waals surface area contributed by atoms with Crippen molar-refractivity contribution in [1.29, 1.82) is 0 Å². The number of carbonyl (C=O) groups excluding carboxylic acids is 2. The minimum atomic E-state index is -1.44. The fourth-order valence-corrected chi connectivity index (χ4v) is 5.64. The van der Waals surface area contributed by atoms with E-state index in [0.717, 1.165) is 10.5 Å². The van der Waals surface area contributed by atoms with Gasteiger partial charge in [-0.3, -0.25) is 14.5 Å². The van der Waals surface area contributed by atoms with Gasteiger partial charge in [0.1, 0.15) is 11.4 Å². The van der Waals surface area contributed by atoms with Gasteiger partial charge >= 0.3 is 5.97 Å². The number of carboxylic acids is 1. The predicted molar refractivity (Wildman–Crippen MR) is 99.3 cm³/mol. The van der Waals surface area contributed by atoms with Gasteiger partial charge < -0.3 is 15.0 Å². The maximum absolute atomic E-state index is 12.4. The van der Waals surface area contributed by atoms with Crippen molar-refractivity contribution in [3.8, 4) is 0 Å². The first-order valence-corrected chi connectivity index (χ1v) is 10.4. The molecule has 1 fully saturated rings. The number of amides is 2. The Bertz CT molecular complexity index is 754. The Morgan fingerprint density at radius 1 is 1.36 bits per heavy atom. The second-order valence-electron chi connectivity index (χ2n) is 5.72. The first kappa shape index (κ1) is 18.2. The van der Waals surface area contributed by atoms with E-state index >= 15 is 0 Å². The van der Waals surface area contributed by atoms with E-state index in [1.807, 2.05) is 40.8 Å². The summed E-state index contributed by atoms with van der Waals surface area (Å²) in [7, 11) is 0. The number of benzene rings is 1. The highest BCUT2D eigenvalue weighted by molar-refractivity contribution is 14.1. The van der Waals surface area contributed by atoms with E-state index in [1.54, 1.807) is 12.1 Å². The number of carboxylic acid groups (broad SMARTS) is 1. The Morgan fingerprint density at radius 3 is 2.64 bits per heavy atom. The second-order valence-corrected chi connectivity index (χ2v) is 8.02. The molecule has 3 rings (SSSR count). The maximum Gasteiger partial charge on any atom is 0.352 e. The Kier molecular flexibility index (Phi) is 5.35. The molecule has 0 aliphatic carbocycles. The summed E-state index contributed by atoms with van der Waals surface area (Å²) >= 11 is 0.543. The molecule has 132 valence electrons. The van der Waals surface area contributed by atoms with Crippen molar-refractivity contribution in [1.82, 2.24) is 10.2 Å². The minimum absolute atomic E-state index is 0.0995. The van der Waals surface area contributed by atoms with Crippen molar-refractivity contribution in [2.45, 2.75) is 17.8 Å². The van der Waals surface area contributed by atoms with Crippen LogP contribution in [0.1, 0.15) is 5.56 Å². The van der Waals surface area contributed by atoms with Gasteiger partial charge in [0.05, 0.1) is 6.42 Å². The SMILES string of the molecule is O=C(Cc1ccccc1)NC1C(=O)N2C(C(=O)O)=C(CI)C[S+]([O-])[C@H]12. The van der Waals surface area contributed by atoms with Crippen LogP contribution in [-0.2, 0) is 32.0 Å². The van der Waals surface area contributed by atoms with Gasteiger partial charge in [0.2, 0.25) is 11.3 Å². The van der Waals surface area contributed by atoms with E-state index in [2.05, 4.69) is 5.32 Å². The topological polar surface area (TPSA) is 110 Å². The fraction of sp³-hybridized carbons (Fsp3) is 0.312. The largest absolute Gasteiger partial charge is 0.614 e. The lowest BCUT2D eigenvalue weighted by atomic mass is 10.0. The molecule has 2 aliphatic rings. The number of β-lactam (4-membered cyclic amide) rings is 1. The number of hydrogen-bond acceptors (Lipinski definition) is 4. The van der Waals surface area contributed by atoms with E-state index in [4.69, 9.17) is 0 Å². The zero-order valence-corrected chi connectivity index (χ0v) is 16.0. The molecule has 1 saturated heterocycles. The molecule has 2 N–H and O–H groups in total. The van der Waals surface area contributed by atoms with Gasteiger partial charge in [-0.1, -0.05) is 52.9 Å². The summed E-state index contributed by atoms with van der Waals surface area (Å²) in [6, 6.07) is 8.11. The van der Waals surface area contributed by atoms with Crippen LogP contribution in [0.15, 0.2) is 41.6 Å². The summed E-state index contributed by atoms with van der Waals surface area (Å²) in [6.07, 6.45) is 0.102. The van der Waals surface area contributed by atoms with Crippen molar-refractivity contribution in [2.75, 3.05) is 10.2 Å². The summed E-state index contributed by atoms with van der Waals surface area (Å²) < 4.78 is 12.8. The third-order valence-electron chi connectivity index (χ3n) is 4.09. The number of rotatable bonds is 5. The van der Waals surface area contributed by atoms with Crippen LogP contribution in [0, 0.1) is 0 Å². The summed E-state index contributed by atoms with van der Waals surface area (Å²) in [5, 5.41) is 11.2. The standard InChI is InChI=1S/C16H15IN2O5S/c17-7-10-8-25(24)15-12(14(21)19(15)13(10)16(22)23)18-11(20)6-9-4-2-1-3-5-9/h1-5,12,15H,6-8H2,(H,18,20)(H,22,23)/t12?,15-,25?/m1/s1. The lowest BCUT2D eigenvalue weighted by Gasteiger charge is -2.48. The average Bonchev–Trinajstić information content (AvgIpc) is 2.59. The zero-order chi connectivity index (χ0) is 18.1. The molecule has 1 aromatic carbocycles. The number of fused-ring (bicyclic) bond motifs is 1. The number of halogens is 1. The van der Waals surface area contributed by atoms with Gasteiger partial charge in [-0.2, -0.15) is 0 Å². The van der Waals surface area contributed by atoms with Crippen LogP contribution in [0.4, 0.5) is 0 Å². The molecule has 25 heavy (non-hydrogen) atoms. The number of carbonyl (C=O) groups is 3. The molecule has 3 atom stereocenters. The lowest BCUT2D eigenvalue weighted by molar-refractivity contribution is -0.151. The van der Waals surface area contributed by atoms with Gasteiger partial charge in [-0.05, 0) is 16.7 Å². The van der Waals surface area contributed by atoms with E-state index in [1.165, 1.54) is 0 Å². The fourth-order valence-electron chi connectivity index (χ4n) is 2.96. The summed E-state index contributed by atoms with van der Waals surface area (Å²) in [6.45, 7) is 0. The Hall–Kier alpha value is -1.59. The summed E-state index contributed by atoms with van der Waals surface area (Å²) in [4.78, 5) is 37.1. The quantitative estimate of drug-likeness (QED) is 0.278. The predicted octanol–water partition coefficient (Wildman–Crippen LogP) is 0.418. The van der Waals surface area contributed by atoms with Crippen molar-refractivity contribution < 1.29 is 24.0 Å². The summed E-state index contributed by atoms with van der Waals surface area (Å²) in [5.74, 6) is -2.00. The Balaban J connectivity index is 1.74. The molecule has 0 bridgehead atoms. The van der Waals surface area contributed by atoms with Crippen LogP contribution in [0.3, 0.4) is 0 Å². The third kappa shape index (κ3) is 3.40. The normalized spacial score (nSPS) is 25.3. The van der Waals surface area contributed by atoms with Crippen molar-refractivity contribution in [3.63, 3.8) is 0 Å². The van der Waals surface area contributed by atoms with Gasteiger partial charge in [-0.15, -0.1) is 0 Å². The highest BCUT2D eigenvalue weighted by atomic mass is 127. The number of aliphatic carboxylic acids is 1. The maximum atomic E-state index is 12.4. The van der Waals surface area contributed by atoms with Gasteiger partial charge in [-0.25, -0.2) is 4.79 Å². The molecule has 0 spiro atoms. The summed E-state index contributed by atoms with van der Waals surface area (Å²) in [5.41, 5.74) is 1.18. The molecular formula is C16H15IN2O5S. The highest BCUT2D eigenvalue weighted by Crippen LogP contribution is 2.37. The molecule has 9 heteroatoms. The van der Waals surface area contributed by atoms with Crippen molar-refractivity contribution >= 4 is 51.6 Å². The van der Waals surface area contributed by atoms with E-state index < -0.39 is 34.5 Å².